The molecule has 1 atom stereocenters. The predicted octanol–water partition coefficient (Wildman–Crippen LogP) is 4.42. The van der Waals surface area contributed by atoms with Crippen LogP contribution in [0.4, 0.5) is 0 Å². The molecule has 2 heterocycles. The second kappa shape index (κ2) is 6.53. The van der Waals surface area contributed by atoms with Crippen LogP contribution in [0.5, 0.6) is 0 Å². The molecule has 0 saturated heterocycles. The molecule has 120 valence electrons. The Labute approximate surface area is 138 Å². The van der Waals surface area contributed by atoms with Gasteiger partial charge in [0.2, 0.25) is 0 Å². The standard InChI is InChI=1S/C20H24N2O/c1-4-5-7-17-8-6-11-22(17)20(23)18-13-16-12-14(2)9-10-19(16)21-15(18)3/h6,8-10,12-13,17H,4-5,7,11H2,1-3H3. The van der Waals surface area contributed by atoms with Gasteiger partial charge in [0, 0.05) is 11.9 Å². The first kappa shape index (κ1) is 15.7. The summed E-state index contributed by atoms with van der Waals surface area (Å²) in [5, 5.41) is 1.04. The van der Waals surface area contributed by atoms with E-state index in [1.54, 1.807) is 0 Å². The summed E-state index contributed by atoms with van der Waals surface area (Å²) < 4.78 is 0. The highest BCUT2D eigenvalue weighted by Crippen LogP contribution is 2.23. The number of aryl methyl sites for hydroxylation is 2. The van der Waals surface area contributed by atoms with Crippen molar-refractivity contribution in [2.75, 3.05) is 6.54 Å². The van der Waals surface area contributed by atoms with Gasteiger partial charge < -0.3 is 4.90 Å². The topological polar surface area (TPSA) is 33.2 Å². The van der Waals surface area contributed by atoms with Crippen LogP contribution in [0.2, 0.25) is 0 Å². The Morgan fingerprint density at radius 3 is 2.91 bits per heavy atom. The fraction of sp³-hybridized carbons (Fsp3) is 0.400. The van der Waals surface area contributed by atoms with Crippen LogP contribution >= 0.6 is 0 Å². The summed E-state index contributed by atoms with van der Waals surface area (Å²) in [5.41, 5.74) is 3.68. The van der Waals surface area contributed by atoms with E-state index in [1.807, 2.05) is 24.0 Å². The van der Waals surface area contributed by atoms with Gasteiger partial charge in [-0.05, 0) is 38.5 Å². The van der Waals surface area contributed by atoms with Crippen molar-refractivity contribution in [2.24, 2.45) is 0 Å². The number of unbranched alkanes of at least 4 members (excludes halogenated alkanes) is 1. The fourth-order valence-electron chi connectivity index (χ4n) is 3.23. The first-order valence-corrected chi connectivity index (χ1v) is 8.46. The van der Waals surface area contributed by atoms with Crippen LogP contribution in [-0.4, -0.2) is 28.4 Å². The zero-order valence-corrected chi connectivity index (χ0v) is 14.2. The molecule has 3 rings (SSSR count). The Balaban J connectivity index is 1.92. The summed E-state index contributed by atoms with van der Waals surface area (Å²) in [6.45, 7) is 6.88. The van der Waals surface area contributed by atoms with Crippen molar-refractivity contribution < 1.29 is 4.79 Å². The van der Waals surface area contributed by atoms with E-state index >= 15 is 0 Å². The third kappa shape index (κ3) is 3.14. The van der Waals surface area contributed by atoms with Gasteiger partial charge in [0.05, 0.1) is 22.8 Å². The Morgan fingerprint density at radius 2 is 2.13 bits per heavy atom. The van der Waals surface area contributed by atoms with Gasteiger partial charge in [-0.25, -0.2) is 0 Å². The molecular weight excluding hydrogens is 284 g/mol. The van der Waals surface area contributed by atoms with Crippen molar-refractivity contribution in [3.8, 4) is 0 Å². The van der Waals surface area contributed by atoms with Gasteiger partial charge in [0.1, 0.15) is 0 Å². The molecule has 1 aromatic carbocycles. The molecule has 3 heteroatoms. The zero-order chi connectivity index (χ0) is 16.4. The molecule has 1 aliphatic rings. The number of aromatic nitrogens is 1. The molecule has 1 amide bonds. The highest BCUT2D eigenvalue weighted by molar-refractivity contribution is 5.99. The second-order valence-electron chi connectivity index (χ2n) is 6.41. The minimum atomic E-state index is 0.101. The third-order valence-electron chi connectivity index (χ3n) is 4.57. The van der Waals surface area contributed by atoms with E-state index in [0.717, 1.165) is 41.4 Å². The number of benzene rings is 1. The predicted molar refractivity (Wildman–Crippen MR) is 94.7 cm³/mol. The van der Waals surface area contributed by atoms with Crippen LogP contribution in [0, 0.1) is 13.8 Å². The summed E-state index contributed by atoms with van der Waals surface area (Å²) in [5.74, 6) is 0.101. The number of pyridine rings is 1. The van der Waals surface area contributed by atoms with Crippen molar-refractivity contribution >= 4 is 16.8 Å². The average Bonchev–Trinajstić information content (AvgIpc) is 3.00. The Kier molecular flexibility index (Phi) is 4.46. The molecule has 3 nitrogen and oxygen atoms in total. The molecular formula is C20H24N2O. The van der Waals surface area contributed by atoms with E-state index in [0.29, 0.717) is 6.54 Å². The van der Waals surface area contributed by atoms with Gasteiger partial charge >= 0.3 is 0 Å². The van der Waals surface area contributed by atoms with Crippen LogP contribution in [0.3, 0.4) is 0 Å². The van der Waals surface area contributed by atoms with E-state index < -0.39 is 0 Å². The average molecular weight is 308 g/mol. The van der Waals surface area contributed by atoms with Gasteiger partial charge in [0.15, 0.2) is 0 Å². The van der Waals surface area contributed by atoms with Gasteiger partial charge in [-0.2, -0.15) is 0 Å². The van der Waals surface area contributed by atoms with Gasteiger partial charge in [-0.15, -0.1) is 0 Å². The number of carbonyl (C=O) groups excluding carboxylic acids is 1. The molecule has 0 bridgehead atoms. The lowest BCUT2D eigenvalue weighted by Crippen LogP contribution is -2.36. The molecule has 0 saturated carbocycles. The molecule has 1 aliphatic heterocycles. The van der Waals surface area contributed by atoms with Crippen molar-refractivity contribution in [1.82, 2.24) is 9.88 Å². The molecule has 0 aliphatic carbocycles. The number of rotatable bonds is 4. The zero-order valence-electron chi connectivity index (χ0n) is 14.2. The molecule has 1 aromatic heterocycles. The van der Waals surface area contributed by atoms with Crippen LogP contribution in [0.1, 0.15) is 47.8 Å². The van der Waals surface area contributed by atoms with E-state index in [4.69, 9.17) is 0 Å². The fourth-order valence-corrected chi connectivity index (χ4v) is 3.23. The molecule has 0 radical (unpaired) electrons. The van der Waals surface area contributed by atoms with Crippen LogP contribution in [0.15, 0.2) is 36.4 Å². The number of hydrogen-bond donors (Lipinski definition) is 0. The summed E-state index contributed by atoms with van der Waals surface area (Å²) in [6, 6.07) is 8.40. The largest absolute Gasteiger partial charge is 0.328 e. The second-order valence-corrected chi connectivity index (χ2v) is 6.41. The molecule has 23 heavy (non-hydrogen) atoms. The number of hydrogen-bond acceptors (Lipinski definition) is 2. The van der Waals surface area contributed by atoms with Crippen LogP contribution < -0.4 is 0 Å². The molecule has 1 unspecified atom stereocenters. The number of fused-ring (bicyclic) bond motifs is 1. The van der Waals surface area contributed by atoms with Gasteiger partial charge in [-0.3, -0.25) is 9.78 Å². The van der Waals surface area contributed by atoms with Crippen molar-refractivity contribution in [3.63, 3.8) is 0 Å². The minimum Gasteiger partial charge on any atom is -0.328 e. The molecule has 0 N–H and O–H groups in total. The van der Waals surface area contributed by atoms with Crippen molar-refractivity contribution in [1.29, 1.82) is 0 Å². The monoisotopic (exact) mass is 308 g/mol. The van der Waals surface area contributed by atoms with Gasteiger partial charge in [-0.1, -0.05) is 43.5 Å². The first-order valence-electron chi connectivity index (χ1n) is 8.46. The lowest BCUT2D eigenvalue weighted by Gasteiger charge is -2.25. The first-order chi connectivity index (χ1) is 11.1. The highest BCUT2D eigenvalue weighted by atomic mass is 16.2. The summed E-state index contributed by atoms with van der Waals surface area (Å²) in [4.78, 5) is 19.6. The Bertz CT molecular complexity index is 764. The summed E-state index contributed by atoms with van der Waals surface area (Å²) in [7, 11) is 0. The van der Waals surface area contributed by atoms with E-state index in [9.17, 15) is 4.79 Å². The molecule has 0 fully saturated rings. The lowest BCUT2D eigenvalue weighted by molar-refractivity contribution is 0.0742. The minimum absolute atomic E-state index is 0.101. The Morgan fingerprint density at radius 1 is 1.30 bits per heavy atom. The maximum absolute atomic E-state index is 13.0. The third-order valence-corrected chi connectivity index (χ3v) is 4.57. The summed E-state index contributed by atoms with van der Waals surface area (Å²) in [6.07, 6.45) is 7.61. The van der Waals surface area contributed by atoms with Crippen molar-refractivity contribution in [3.05, 3.63) is 53.2 Å². The maximum atomic E-state index is 13.0. The lowest BCUT2D eigenvalue weighted by atomic mass is 10.0. The van der Waals surface area contributed by atoms with E-state index in [-0.39, 0.29) is 11.9 Å². The van der Waals surface area contributed by atoms with Crippen molar-refractivity contribution in [2.45, 2.75) is 46.1 Å². The van der Waals surface area contributed by atoms with E-state index in [2.05, 4.69) is 43.1 Å². The van der Waals surface area contributed by atoms with E-state index in [1.165, 1.54) is 5.56 Å². The van der Waals surface area contributed by atoms with Crippen LogP contribution in [0.25, 0.3) is 10.9 Å². The molecule has 0 spiro atoms. The SMILES string of the molecule is CCCCC1C=CCN1C(=O)c1cc2cc(C)ccc2nc1C. The summed E-state index contributed by atoms with van der Waals surface area (Å²) >= 11 is 0. The molecule has 2 aromatic rings. The van der Waals surface area contributed by atoms with Crippen LogP contribution in [-0.2, 0) is 0 Å². The van der Waals surface area contributed by atoms with Gasteiger partial charge in [0.25, 0.3) is 5.91 Å². The number of nitrogens with zero attached hydrogens (tertiary/aromatic N) is 2. The maximum Gasteiger partial charge on any atom is 0.256 e. The Hall–Kier alpha value is -2.16. The number of carbonyl (C=O) groups is 1. The smallest absolute Gasteiger partial charge is 0.256 e. The normalized spacial score (nSPS) is 17.2. The number of amides is 1. The quantitative estimate of drug-likeness (QED) is 0.783. The highest BCUT2D eigenvalue weighted by Gasteiger charge is 2.26.